The molecule has 1 unspecified atom stereocenters. The van der Waals surface area contributed by atoms with Crippen molar-refractivity contribution in [2.24, 2.45) is 0 Å². The van der Waals surface area contributed by atoms with Crippen LogP contribution in [0.3, 0.4) is 0 Å². The lowest BCUT2D eigenvalue weighted by Crippen LogP contribution is -2.17. The van der Waals surface area contributed by atoms with E-state index in [0.29, 0.717) is 11.8 Å². The summed E-state index contributed by atoms with van der Waals surface area (Å²) >= 11 is 1.71. The molecular formula is C12H17N3OS. The van der Waals surface area contributed by atoms with Crippen molar-refractivity contribution in [3.63, 3.8) is 0 Å². The van der Waals surface area contributed by atoms with Gasteiger partial charge in [0.2, 0.25) is 5.89 Å². The first-order chi connectivity index (χ1) is 8.24. The van der Waals surface area contributed by atoms with Crippen LogP contribution in [0.2, 0.25) is 0 Å². The van der Waals surface area contributed by atoms with Gasteiger partial charge in [-0.1, -0.05) is 13.8 Å². The van der Waals surface area contributed by atoms with Crippen LogP contribution in [0.25, 0.3) is 10.8 Å². The van der Waals surface area contributed by atoms with Crippen LogP contribution in [0.5, 0.6) is 0 Å². The molecule has 5 heteroatoms. The Bertz CT molecular complexity index is 478. The standard InChI is InChI=1S/C12H17N3OS/c1-4-9-6-7-10(17-9)12-15-14-11(16-12)8(3)13-5-2/h6-8,13H,4-5H2,1-3H3. The van der Waals surface area contributed by atoms with Crippen molar-refractivity contribution in [1.29, 1.82) is 0 Å². The molecule has 0 aliphatic rings. The fourth-order valence-corrected chi connectivity index (χ4v) is 2.45. The molecule has 2 rings (SSSR count). The number of rotatable bonds is 5. The molecular weight excluding hydrogens is 234 g/mol. The number of nitrogens with zero attached hydrogens (tertiary/aromatic N) is 2. The van der Waals surface area contributed by atoms with E-state index in [1.54, 1.807) is 11.3 Å². The summed E-state index contributed by atoms with van der Waals surface area (Å²) in [6.45, 7) is 7.10. The Balaban J connectivity index is 2.17. The maximum Gasteiger partial charge on any atom is 0.257 e. The van der Waals surface area contributed by atoms with Gasteiger partial charge < -0.3 is 9.73 Å². The lowest BCUT2D eigenvalue weighted by Gasteiger charge is -2.05. The molecule has 1 N–H and O–H groups in total. The number of hydrogen-bond acceptors (Lipinski definition) is 5. The topological polar surface area (TPSA) is 51.0 Å². The van der Waals surface area contributed by atoms with Crippen molar-refractivity contribution in [3.8, 4) is 10.8 Å². The lowest BCUT2D eigenvalue weighted by molar-refractivity contribution is 0.429. The van der Waals surface area contributed by atoms with Gasteiger partial charge in [0.25, 0.3) is 5.89 Å². The van der Waals surface area contributed by atoms with E-state index in [9.17, 15) is 0 Å². The minimum absolute atomic E-state index is 0.104. The summed E-state index contributed by atoms with van der Waals surface area (Å²) in [5, 5.41) is 11.4. The van der Waals surface area contributed by atoms with Crippen LogP contribution in [-0.2, 0) is 6.42 Å². The van der Waals surface area contributed by atoms with Crippen LogP contribution in [-0.4, -0.2) is 16.7 Å². The molecule has 0 fully saturated rings. The van der Waals surface area contributed by atoms with Gasteiger partial charge in [0, 0.05) is 4.88 Å². The molecule has 2 heterocycles. The van der Waals surface area contributed by atoms with Crippen molar-refractivity contribution < 1.29 is 4.42 Å². The van der Waals surface area contributed by atoms with Gasteiger partial charge in [0.1, 0.15) is 0 Å². The molecule has 2 aromatic rings. The zero-order valence-corrected chi connectivity index (χ0v) is 11.2. The number of aryl methyl sites for hydroxylation is 1. The van der Waals surface area contributed by atoms with Crippen LogP contribution in [0, 0.1) is 0 Å². The molecule has 0 aromatic carbocycles. The maximum absolute atomic E-state index is 5.67. The minimum atomic E-state index is 0.104. The van der Waals surface area contributed by atoms with Gasteiger partial charge in [-0.05, 0) is 32.0 Å². The Hall–Kier alpha value is -1.20. The molecule has 92 valence electrons. The normalized spacial score (nSPS) is 12.9. The molecule has 0 aliphatic heterocycles. The third-order valence-electron chi connectivity index (χ3n) is 2.54. The SMILES string of the molecule is CCNC(C)c1nnc(-c2ccc(CC)s2)o1. The molecule has 0 amide bonds. The molecule has 0 radical (unpaired) electrons. The Morgan fingerprint density at radius 3 is 2.82 bits per heavy atom. The van der Waals surface area contributed by atoms with Gasteiger partial charge >= 0.3 is 0 Å². The summed E-state index contributed by atoms with van der Waals surface area (Å²) in [5.41, 5.74) is 0. The average Bonchev–Trinajstić information content (AvgIpc) is 2.98. The highest BCUT2D eigenvalue weighted by atomic mass is 32.1. The molecule has 0 spiro atoms. The van der Waals surface area contributed by atoms with E-state index in [1.807, 2.05) is 13.0 Å². The number of thiophene rings is 1. The van der Waals surface area contributed by atoms with E-state index in [1.165, 1.54) is 4.88 Å². The van der Waals surface area contributed by atoms with Crippen LogP contribution in [0.4, 0.5) is 0 Å². The highest BCUT2D eigenvalue weighted by Gasteiger charge is 2.14. The Labute approximate surface area is 105 Å². The van der Waals surface area contributed by atoms with E-state index in [4.69, 9.17) is 4.42 Å². The Morgan fingerprint density at radius 1 is 1.35 bits per heavy atom. The van der Waals surface area contributed by atoms with E-state index >= 15 is 0 Å². The highest BCUT2D eigenvalue weighted by Crippen LogP contribution is 2.28. The number of hydrogen-bond donors (Lipinski definition) is 1. The highest BCUT2D eigenvalue weighted by molar-refractivity contribution is 7.15. The second-order valence-corrected chi connectivity index (χ2v) is 5.01. The van der Waals surface area contributed by atoms with Gasteiger partial charge in [-0.15, -0.1) is 21.5 Å². The Morgan fingerprint density at radius 2 is 2.18 bits per heavy atom. The number of aromatic nitrogens is 2. The number of nitrogens with one attached hydrogen (secondary N) is 1. The molecule has 2 aromatic heterocycles. The monoisotopic (exact) mass is 251 g/mol. The Kier molecular flexibility index (Phi) is 3.91. The predicted molar refractivity (Wildman–Crippen MR) is 69.1 cm³/mol. The molecule has 0 saturated heterocycles. The third kappa shape index (κ3) is 2.73. The van der Waals surface area contributed by atoms with Crippen molar-refractivity contribution in [3.05, 3.63) is 22.9 Å². The third-order valence-corrected chi connectivity index (χ3v) is 3.76. The van der Waals surface area contributed by atoms with E-state index in [2.05, 4.69) is 35.4 Å². The van der Waals surface area contributed by atoms with Crippen molar-refractivity contribution in [1.82, 2.24) is 15.5 Å². The van der Waals surface area contributed by atoms with Crippen LogP contribution < -0.4 is 5.32 Å². The van der Waals surface area contributed by atoms with Crippen LogP contribution in [0.15, 0.2) is 16.5 Å². The van der Waals surface area contributed by atoms with E-state index in [-0.39, 0.29) is 6.04 Å². The van der Waals surface area contributed by atoms with Gasteiger partial charge in [0.15, 0.2) is 0 Å². The summed E-state index contributed by atoms with van der Waals surface area (Å²) < 4.78 is 5.67. The van der Waals surface area contributed by atoms with E-state index in [0.717, 1.165) is 17.8 Å². The quantitative estimate of drug-likeness (QED) is 0.887. The predicted octanol–water partition coefficient (Wildman–Crippen LogP) is 3.03. The smallest absolute Gasteiger partial charge is 0.257 e. The molecule has 4 nitrogen and oxygen atoms in total. The fraction of sp³-hybridized carbons (Fsp3) is 0.500. The summed E-state index contributed by atoms with van der Waals surface area (Å²) in [6.07, 6.45) is 1.04. The lowest BCUT2D eigenvalue weighted by atomic mass is 10.3. The van der Waals surface area contributed by atoms with Crippen molar-refractivity contribution in [2.75, 3.05) is 6.54 Å². The summed E-state index contributed by atoms with van der Waals surface area (Å²) in [5.74, 6) is 1.27. The van der Waals surface area contributed by atoms with Gasteiger partial charge in [0.05, 0.1) is 10.9 Å². The van der Waals surface area contributed by atoms with E-state index < -0.39 is 0 Å². The van der Waals surface area contributed by atoms with Crippen molar-refractivity contribution in [2.45, 2.75) is 33.2 Å². The zero-order chi connectivity index (χ0) is 12.3. The largest absolute Gasteiger partial charge is 0.418 e. The molecule has 0 aliphatic carbocycles. The van der Waals surface area contributed by atoms with Crippen LogP contribution >= 0.6 is 11.3 Å². The minimum Gasteiger partial charge on any atom is -0.418 e. The van der Waals surface area contributed by atoms with Crippen LogP contribution in [0.1, 0.15) is 37.6 Å². The second-order valence-electron chi connectivity index (χ2n) is 3.84. The molecule has 0 bridgehead atoms. The van der Waals surface area contributed by atoms with Gasteiger partial charge in [-0.3, -0.25) is 0 Å². The molecule has 17 heavy (non-hydrogen) atoms. The fourth-order valence-electron chi connectivity index (χ4n) is 1.59. The summed E-state index contributed by atoms with van der Waals surface area (Å²) in [6, 6.07) is 4.25. The first-order valence-electron chi connectivity index (χ1n) is 5.90. The summed E-state index contributed by atoms with van der Waals surface area (Å²) in [4.78, 5) is 2.38. The van der Waals surface area contributed by atoms with Crippen molar-refractivity contribution >= 4 is 11.3 Å². The maximum atomic E-state index is 5.67. The first-order valence-corrected chi connectivity index (χ1v) is 6.72. The van der Waals surface area contributed by atoms with Gasteiger partial charge in [-0.2, -0.15) is 0 Å². The van der Waals surface area contributed by atoms with Gasteiger partial charge in [-0.25, -0.2) is 0 Å². The average molecular weight is 251 g/mol. The first kappa shape index (κ1) is 12.3. The second kappa shape index (κ2) is 5.42. The zero-order valence-electron chi connectivity index (χ0n) is 10.4. The summed E-state index contributed by atoms with van der Waals surface area (Å²) in [7, 11) is 0. The molecule has 0 saturated carbocycles. The molecule has 1 atom stereocenters.